The van der Waals surface area contributed by atoms with Crippen LogP contribution in [0.1, 0.15) is 16.8 Å². The molecule has 0 saturated heterocycles. The van der Waals surface area contributed by atoms with Gasteiger partial charge in [0.25, 0.3) is 0 Å². The molecule has 4 heteroatoms. The Labute approximate surface area is 122 Å². The Hall–Kier alpha value is -2.31. The van der Waals surface area contributed by atoms with Crippen molar-refractivity contribution in [3.63, 3.8) is 0 Å². The molecule has 3 nitrogen and oxygen atoms in total. The Kier molecular flexibility index (Phi) is 2.96. The van der Waals surface area contributed by atoms with Crippen LogP contribution in [0, 0.1) is 25.2 Å². The van der Waals surface area contributed by atoms with Gasteiger partial charge in [-0.05, 0) is 31.5 Å². The van der Waals surface area contributed by atoms with Crippen molar-refractivity contribution in [2.75, 3.05) is 0 Å². The van der Waals surface area contributed by atoms with Crippen molar-refractivity contribution < 1.29 is 0 Å². The molecule has 20 heavy (non-hydrogen) atoms. The van der Waals surface area contributed by atoms with Crippen molar-refractivity contribution in [2.45, 2.75) is 13.8 Å². The van der Waals surface area contributed by atoms with Gasteiger partial charge in [0.1, 0.15) is 22.6 Å². The lowest BCUT2D eigenvalue weighted by atomic mass is 10.0. The van der Waals surface area contributed by atoms with Crippen molar-refractivity contribution in [3.05, 3.63) is 58.4 Å². The Morgan fingerprint density at radius 1 is 1.20 bits per heavy atom. The summed E-state index contributed by atoms with van der Waals surface area (Å²) >= 11 is 6.18. The molecular formula is C16H12ClN3. The monoisotopic (exact) mass is 281 g/mol. The summed E-state index contributed by atoms with van der Waals surface area (Å²) < 4.78 is 1.68. The molecule has 0 atom stereocenters. The predicted molar refractivity (Wildman–Crippen MR) is 79.8 cm³/mol. The number of fused-ring (bicyclic) bond motifs is 1. The van der Waals surface area contributed by atoms with Gasteiger partial charge in [0, 0.05) is 5.56 Å². The molecule has 0 spiro atoms. The average molecular weight is 282 g/mol. The summed E-state index contributed by atoms with van der Waals surface area (Å²) in [5.41, 5.74) is 5.08. The van der Waals surface area contributed by atoms with Crippen LogP contribution in [0.4, 0.5) is 0 Å². The minimum Gasteiger partial charge on any atom is -0.273 e. The van der Waals surface area contributed by atoms with Crippen molar-refractivity contribution in [1.82, 2.24) is 9.38 Å². The zero-order valence-electron chi connectivity index (χ0n) is 11.2. The number of hydrogen-bond donors (Lipinski definition) is 0. The van der Waals surface area contributed by atoms with E-state index in [2.05, 4.69) is 17.1 Å². The van der Waals surface area contributed by atoms with Crippen LogP contribution in [0.25, 0.3) is 16.9 Å². The molecule has 0 amide bonds. The number of aryl methyl sites for hydroxylation is 2. The molecule has 0 saturated carbocycles. The van der Waals surface area contributed by atoms with Crippen LogP contribution in [0.15, 0.2) is 36.4 Å². The van der Waals surface area contributed by atoms with E-state index < -0.39 is 0 Å². The van der Waals surface area contributed by atoms with Gasteiger partial charge in [0.2, 0.25) is 0 Å². The lowest BCUT2D eigenvalue weighted by molar-refractivity contribution is 1.15. The number of halogens is 1. The first-order valence-corrected chi connectivity index (χ1v) is 6.64. The second-order valence-electron chi connectivity index (χ2n) is 4.78. The van der Waals surface area contributed by atoms with Crippen LogP contribution in [-0.4, -0.2) is 9.38 Å². The van der Waals surface area contributed by atoms with E-state index in [1.807, 2.05) is 38.1 Å². The number of hydrogen-bond acceptors (Lipinski definition) is 2. The largest absolute Gasteiger partial charge is 0.273 e. The molecule has 0 radical (unpaired) electrons. The highest BCUT2D eigenvalue weighted by atomic mass is 35.5. The Bertz CT molecular complexity index is 856. The molecule has 2 aromatic heterocycles. The Morgan fingerprint density at radius 3 is 2.70 bits per heavy atom. The lowest BCUT2D eigenvalue weighted by Crippen LogP contribution is -1.92. The molecule has 0 fully saturated rings. The van der Waals surface area contributed by atoms with Gasteiger partial charge in [0.05, 0.1) is 0 Å². The van der Waals surface area contributed by atoms with E-state index in [1.54, 1.807) is 10.5 Å². The molecule has 98 valence electrons. The summed E-state index contributed by atoms with van der Waals surface area (Å²) in [6.45, 7) is 4.07. The van der Waals surface area contributed by atoms with Gasteiger partial charge in [-0.1, -0.05) is 41.4 Å². The van der Waals surface area contributed by atoms with Gasteiger partial charge >= 0.3 is 0 Å². The number of pyridine rings is 1. The topological polar surface area (TPSA) is 41.1 Å². The zero-order valence-corrected chi connectivity index (χ0v) is 11.9. The Balaban J connectivity index is 2.37. The molecule has 0 N–H and O–H groups in total. The second-order valence-corrected chi connectivity index (χ2v) is 5.17. The third-order valence-electron chi connectivity index (χ3n) is 3.34. The number of benzene rings is 1. The number of nitrogens with zero attached hydrogens (tertiary/aromatic N) is 3. The number of imidazole rings is 1. The summed E-state index contributed by atoms with van der Waals surface area (Å²) in [7, 11) is 0. The van der Waals surface area contributed by atoms with Gasteiger partial charge < -0.3 is 0 Å². The highest BCUT2D eigenvalue weighted by Crippen LogP contribution is 2.29. The summed E-state index contributed by atoms with van der Waals surface area (Å²) in [6, 6.07) is 13.8. The van der Waals surface area contributed by atoms with Crippen LogP contribution in [0.5, 0.6) is 0 Å². The minimum absolute atomic E-state index is 0.470. The summed E-state index contributed by atoms with van der Waals surface area (Å²) in [6.07, 6.45) is 0. The van der Waals surface area contributed by atoms with Crippen LogP contribution in [-0.2, 0) is 0 Å². The maximum absolute atomic E-state index is 9.47. The van der Waals surface area contributed by atoms with Crippen molar-refractivity contribution in [3.8, 4) is 17.3 Å². The summed E-state index contributed by atoms with van der Waals surface area (Å²) in [4.78, 5) is 4.56. The van der Waals surface area contributed by atoms with E-state index in [9.17, 15) is 5.26 Å². The lowest BCUT2D eigenvalue weighted by Gasteiger charge is -2.04. The Morgan fingerprint density at radius 2 is 2.00 bits per heavy atom. The summed E-state index contributed by atoms with van der Waals surface area (Å²) in [5, 5.41) is 9.96. The fourth-order valence-corrected chi connectivity index (χ4v) is 2.67. The molecule has 1 aromatic carbocycles. The van der Waals surface area contributed by atoms with Crippen molar-refractivity contribution in [2.24, 2.45) is 0 Å². The smallest absolute Gasteiger partial charge is 0.153 e. The first-order valence-electron chi connectivity index (χ1n) is 6.26. The van der Waals surface area contributed by atoms with Crippen LogP contribution >= 0.6 is 11.6 Å². The van der Waals surface area contributed by atoms with Crippen LogP contribution in [0.2, 0.25) is 5.15 Å². The van der Waals surface area contributed by atoms with E-state index >= 15 is 0 Å². The maximum Gasteiger partial charge on any atom is 0.153 e. The van der Waals surface area contributed by atoms with Gasteiger partial charge in [0.15, 0.2) is 5.69 Å². The fourth-order valence-electron chi connectivity index (χ4n) is 2.42. The zero-order chi connectivity index (χ0) is 14.3. The normalized spacial score (nSPS) is 10.7. The molecule has 0 aliphatic carbocycles. The first-order chi connectivity index (χ1) is 9.61. The van der Waals surface area contributed by atoms with E-state index in [0.717, 1.165) is 11.1 Å². The molecule has 2 heterocycles. The van der Waals surface area contributed by atoms with Crippen LogP contribution in [0.3, 0.4) is 0 Å². The maximum atomic E-state index is 9.47. The molecule has 0 bridgehead atoms. The first kappa shape index (κ1) is 12.7. The van der Waals surface area contributed by atoms with Gasteiger partial charge in [-0.2, -0.15) is 5.26 Å². The molecular weight excluding hydrogens is 270 g/mol. The van der Waals surface area contributed by atoms with Crippen molar-refractivity contribution in [1.29, 1.82) is 5.26 Å². The van der Waals surface area contributed by atoms with Gasteiger partial charge in [-0.15, -0.1) is 0 Å². The fraction of sp³-hybridized carbons (Fsp3) is 0.125. The quantitative estimate of drug-likeness (QED) is 0.629. The second kappa shape index (κ2) is 4.66. The molecule has 3 rings (SSSR count). The summed E-state index contributed by atoms with van der Waals surface area (Å²) in [5.74, 6) is 0. The number of nitriles is 1. The van der Waals surface area contributed by atoms with Gasteiger partial charge in [-0.3, -0.25) is 4.40 Å². The molecule has 0 aliphatic rings. The van der Waals surface area contributed by atoms with E-state index in [1.165, 1.54) is 5.56 Å². The van der Waals surface area contributed by atoms with E-state index in [-0.39, 0.29) is 0 Å². The number of rotatable bonds is 1. The number of aromatic nitrogens is 2. The van der Waals surface area contributed by atoms with E-state index in [0.29, 0.717) is 22.2 Å². The SMILES string of the molecule is Cc1ccc(-c2nc3cccc(Cl)n3c2C#N)c(C)c1. The molecule has 0 unspecified atom stereocenters. The highest BCUT2D eigenvalue weighted by Gasteiger charge is 2.16. The molecule has 3 aromatic rings. The van der Waals surface area contributed by atoms with Crippen LogP contribution < -0.4 is 0 Å². The molecule has 0 aliphatic heterocycles. The minimum atomic E-state index is 0.470. The average Bonchev–Trinajstić information content (AvgIpc) is 2.78. The highest BCUT2D eigenvalue weighted by molar-refractivity contribution is 6.29. The third kappa shape index (κ3) is 1.86. The standard InChI is InChI=1S/C16H12ClN3/c1-10-6-7-12(11(2)8-10)16-13(9-18)20-14(17)4-3-5-15(20)19-16/h3-8H,1-2H3. The van der Waals surface area contributed by atoms with E-state index in [4.69, 9.17) is 11.6 Å². The third-order valence-corrected chi connectivity index (χ3v) is 3.63. The van der Waals surface area contributed by atoms with Gasteiger partial charge in [-0.25, -0.2) is 4.98 Å². The predicted octanol–water partition coefficient (Wildman–Crippen LogP) is 4.14. The van der Waals surface area contributed by atoms with Crippen molar-refractivity contribution >= 4 is 17.2 Å².